The van der Waals surface area contributed by atoms with Crippen LogP contribution in [-0.2, 0) is 0 Å². The molecule has 0 radical (unpaired) electrons. The Balaban J connectivity index is 1.93. The maximum absolute atomic E-state index is 5.67. The maximum Gasteiger partial charge on any atom is 0.0361 e. The lowest BCUT2D eigenvalue weighted by atomic mass is 9.92. The molecule has 0 bridgehead atoms. The summed E-state index contributed by atoms with van der Waals surface area (Å²) in [6.45, 7) is 5.59. The molecule has 20 heavy (non-hydrogen) atoms. The Morgan fingerprint density at radius 1 is 1.20 bits per heavy atom. The first kappa shape index (κ1) is 15.3. The Bertz CT molecular complexity index is 391. The van der Waals surface area contributed by atoms with Gasteiger partial charge in [0.2, 0.25) is 0 Å². The van der Waals surface area contributed by atoms with Gasteiger partial charge in [-0.2, -0.15) is 0 Å². The third-order valence-corrected chi connectivity index (χ3v) is 4.66. The van der Waals surface area contributed by atoms with E-state index >= 15 is 0 Å². The zero-order valence-corrected chi connectivity index (χ0v) is 13.2. The molecule has 1 heterocycles. The lowest BCUT2D eigenvalue weighted by Gasteiger charge is -2.36. The summed E-state index contributed by atoms with van der Waals surface area (Å²) < 4.78 is 0. The molecule has 0 saturated carbocycles. The fourth-order valence-corrected chi connectivity index (χ4v) is 3.13. The van der Waals surface area contributed by atoms with Gasteiger partial charge in [0.05, 0.1) is 0 Å². The van der Waals surface area contributed by atoms with E-state index < -0.39 is 0 Å². The van der Waals surface area contributed by atoms with E-state index in [1.54, 1.807) is 0 Å². The van der Waals surface area contributed by atoms with E-state index in [4.69, 9.17) is 5.73 Å². The van der Waals surface area contributed by atoms with Crippen LogP contribution in [0.4, 0.5) is 5.69 Å². The molecule has 0 spiro atoms. The number of hydrogen-bond acceptors (Lipinski definition) is 3. The van der Waals surface area contributed by atoms with Gasteiger partial charge in [0.25, 0.3) is 0 Å². The first-order valence-corrected chi connectivity index (χ1v) is 7.83. The number of piperidine rings is 1. The number of anilines is 1. The van der Waals surface area contributed by atoms with Crippen molar-refractivity contribution in [3.05, 3.63) is 29.8 Å². The Morgan fingerprint density at radius 2 is 1.80 bits per heavy atom. The average Bonchev–Trinajstić information content (AvgIpc) is 2.48. The summed E-state index contributed by atoms with van der Waals surface area (Å²) in [6, 6.07) is 9.49. The molecule has 1 fully saturated rings. The molecule has 1 aliphatic heterocycles. The highest BCUT2D eigenvalue weighted by Crippen LogP contribution is 2.28. The van der Waals surface area contributed by atoms with Gasteiger partial charge in [-0.05, 0) is 69.4 Å². The third kappa shape index (κ3) is 3.74. The summed E-state index contributed by atoms with van der Waals surface area (Å²) in [5.74, 6) is 0.847. The average molecular weight is 275 g/mol. The summed E-state index contributed by atoms with van der Waals surface area (Å²) in [4.78, 5) is 4.75. The zero-order chi connectivity index (χ0) is 14.5. The van der Waals surface area contributed by atoms with Crippen LogP contribution in [0.15, 0.2) is 24.3 Å². The second-order valence-corrected chi connectivity index (χ2v) is 6.22. The Morgan fingerprint density at radius 3 is 2.30 bits per heavy atom. The van der Waals surface area contributed by atoms with Crippen LogP contribution < -0.4 is 10.6 Å². The molecule has 2 N–H and O–H groups in total. The maximum atomic E-state index is 5.67. The van der Waals surface area contributed by atoms with Crippen molar-refractivity contribution in [3.63, 3.8) is 0 Å². The van der Waals surface area contributed by atoms with E-state index in [1.165, 1.54) is 43.6 Å². The molecule has 1 saturated heterocycles. The second kappa shape index (κ2) is 7.09. The highest BCUT2D eigenvalue weighted by atomic mass is 15.2. The van der Waals surface area contributed by atoms with Crippen LogP contribution >= 0.6 is 0 Å². The minimum Gasteiger partial charge on any atom is -0.378 e. The molecule has 1 aromatic carbocycles. The van der Waals surface area contributed by atoms with Crippen LogP contribution in [-0.4, -0.2) is 38.6 Å². The lowest BCUT2D eigenvalue weighted by Crippen LogP contribution is -2.36. The summed E-state index contributed by atoms with van der Waals surface area (Å²) in [7, 11) is 4.17. The number of nitrogens with two attached hydrogens (primary N) is 1. The normalized spacial score (nSPS) is 19.0. The van der Waals surface area contributed by atoms with Gasteiger partial charge in [0, 0.05) is 25.8 Å². The van der Waals surface area contributed by atoms with Gasteiger partial charge in [0.1, 0.15) is 0 Å². The molecule has 1 atom stereocenters. The zero-order valence-electron chi connectivity index (χ0n) is 13.2. The van der Waals surface area contributed by atoms with Gasteiger partial charge in [0.15, 0.2) is 0 Å². The Labute approximate surface area is 123 Å². The standard InChI is InChI=1S/C17H29N3/c1-14(16-4-6-17(7-5-16)19(2)3)20-12-9-15(8-11-18)10-13-20/h4-7,14-15H,8-13,18H2,1-3H3. The Kier molecular flexibility index (Phi) is 5.44. The molecule has 1 aliphatic rings. The largest absolute Gasteiger partial charge is 0.378 e. The topological polar surface area (TPSA) is 32.5 Å². The minimum atomic E-state index is 0.519. The highest BCUT2D eigenvalue weighted by Gasteiger charge is 2.22. The second-order valence-electron chi connectivity index (χ2n) is 6.22. The van der Waals surface area contributed by atoms with E-state index in [0.29, 0.717) is 6.04 Å². The van der Waals surface area contributed by atoms with E-state index in [1.807, 2.05) is 0 Å². The van der Waals surface area contributed by atoms with Gasteiger partial charge >= 0.3 is 0 Å². The molecule has 2 rings (SSSR count). The van der Waals surface area contributed by atoms with Crippen molar-refractivity contribution >= 4 is 5.69 Å². The molecule has 0 aliphatic carbocycles. The summed E-state index contributed by atoms with van der Waals surface area (Å²) >= 11 is 0. The monoisotopic (exact) mass is 275 g/mol. The number of nitrogens with zero attached hydrogens (tertiary/aromatic N) is 2. The van der Waals surface area contributed by atoms with E-state index in [9.17, 15) is 0 Å². The fraction of sp³-hybridized carbons (Fsp3) is 0.647. The summed E-state index contributed by atoms with van der Waals surface area (Å²) in [5, 5.41) is 0. The Hall–Kier alpha value is -1.06. The number of benzene rings is 1. The molecule has 1 aromatic rings. The van der Waals surface area contributed by atoms with Crippen LogP contribution in [0.2, 0.25) is 0 Å². The van der Waals surface area contributed by atoms with Crippen molar-refractivity contribution < 1.29 is 0 Å². The third-order valence-electron chi connectivity index (χ3n) is 4.66. The molecule has 112 valence electrons. The number of rotatable bonds is 5. The van der Waals surface area contributed by atoms with Gasteiger partial charge < -0.3 is 10.6 Å². The van der Waals surface area contributed by atoms with Crippen molar-refractivity contribution in [3.8, 4) is 0 Å². The van der Waals surface area contributed by atoms with E-state index in [0.717, 1.165) is 12.5 Å². The quantitative estimate of drug-likeness (QED) is 0.897. The predicted octanol–water partition coefficient (Wildman–Crippen LogP) is 2.87. The highest BCUT2D eigenvalue weighted by molar-refractivity contribution is 5.46. The van der Waals surface area contributed by atoms with Gasteiger partial charge in [-0.25, -0.2) is 0 Å². The predicted molar refractivity (Wildman–Crippen MR) is 87.2 cm³/mol. The molecule has 0 aromatic heterocycles. The van der Waals surface area contributed by atoms with Crippen LogP contribution in [0.5, 0.6) is 0 Å². The molecular weight excluding hydrogens is 246 g/mol. The van der Waals surface area contributed by atoms with Crippen molar-refractivity contribution in [2.24, 2.45) is 11.7 Å². The fourth-order valence-electron chi connectivity index (χ4n) is 3.13. The van der Waals surface area contributed by atoms with Gasteiger partial charge in [-0.15, -0.1) is 0 Å². The molecular formula is C17H29N3. The number of likely N-dealkylation sites (tertiary alicyclic amines) is 1. The molecule has 3 nitrogen and oxygen atoms in total. The first-order chi connectivity index (χ1) is 9.61. The van der Waals surface area contributed by atoms with E-state index in [-0.39, 0.29) is 0 Å². The number of hydrogen-bond donors (Lipinski definition) is 1. The first-order valence-electron chi connectivity index (χ1n) is 7.83. The van der Waals surface area contributed by atoms with E-state index in [2.05, 4.69) is 55.1 Å². The van der Waals surface area contributed by atoms with Crippen LogP contribution in [0, 0.1) is 5.92 Å². The van der Waals surface area contributed by atoms with Crippen molar-refractivity contribution in [2.75, 3.05) is 38.6 Å². The van der Waals surface area contributed by atoms with Gasteiger partial charge in [-0.3, -0.25) is 4.90 Å². The lowest BCUT2D eigenvalue weighted by molar-refractivity contribution is 0.138. The minimum absolute atomic E-state index is 0.519. The van der Waals surface area contributed by atoms with Crippen molar-refractivity contribution in [1.82, 2.24) is 4.90 Å². The van der Waals surface area contributed by atoms with Crippen molar-refractivity contribution in [2.45, 2.75) is 32.2 Å². The molecule has 1 unspecified atom stereocenters. The van der Waals surface area contributed by atoms with Crippen molar-refractivity contribution in [1.29, 1.82) is 0 Å². The van der Waals surface area contributed by atoms with Gasteiger partial charge in [-0.1, -0.05) is 12.1 Å². The SMILES string of the molecule is CC(c1ccc(N(C)C)cc1)N1CCC(CCN)CC1. The van der Waals surface area contributed by atoms with Crippen LogP contribution in [0.3, 0.4) is 0 Å². The summed E-state index contributed by atoms with van der Waals surface area (Å²) in [6.07, 6.45) is 3.80. The summed E-state index contributed by atoms with van der Waals surface area (Å²) in [5.41, 5.74) is 8.36. The molecule has 3 heteroatoms. The van der Waals surface area contributed by atoms with Crippen LogP contribution in [0.25, 0.3) is 0 Å². The smallest absolute Gasteiger partial charge is 0.0361 e. The molecule has 0 amide bonds. The van der Waals surface area contributed by atoms with Crippen LogP contribution in [0.1, 0.15) is 37.8 Å².